The van der Waals surface area contributed by atoms with Gasteiger partial charge in [0.2, 0.25) is 11.8 Å². The molecule has 0 saturated carbocycles. The van der Waals surface area contributed by atoms with E-state index in [1.807, 2.05) is 13.8 Å². The third-order valence-corrected chi connectivity index (χ3v) is 4.29. The predicted molar refractivity (Wildman–Crippen MR) is 77.7 cm³/mol. The first-order valence-electron chi connectivity index (χ1n) is 7.47. The van der Waals surface area contributed by atoms with E-state index in [2.05, 4.69) is 31.2 Å². The van der Waals surface area contributed by atoms with Crippen LogP contribution in [0.25, 0.3) is 0 Å². The lowest BCUT2D eigenvalue weighted by atomic mass is 9.81. The summed E-state index contributed by atoms with van der Waals surface area (Å²) in [5, 5.41) is 2.12. The summed E-state index contributed by atoms with van der Waals surface area (Å²) in [6, 6.07) is 0.0896. The predicted octanol–water partition coefficient (Wildman–Crippen LogP) is 1.40. The number of nitrogens with zero attached hydrogens (tertiary/aromatic N) is 2. The van der Waals surface area contributed by atoms with Gasteiger partial charge in [-0.1, -0.05) is 34.6 Å². The number of likely N-dealkylation sites (tertiary alicyclic amines) is 1. The maximum atomic E-state index is 12.5. The molecule has 2 amide bonds. The number of carbonyl (C=O) groups is 2. The van der Waals surface area contributed by atoms with Crippen LogP contribution >= 0.6 is 0 Å². The first-order valence-corrected chi connectivity index (χ1v) is 7.47. The molecule has 0 unspecified atom stereocenters. The summed E-state index contributed by atoms with van der Waals surface area (Å²) in [6.45, 7) is 12.8. The molecule has 5 heteroatoms. The molecule has 0 aromatic rings. The molecule has 5 nitrogen and oxygen atoms in total. The van der Waals surface area contributed by atoms with Gasteiger partial charge in [-0.25, -0.2) is 10.4 Å². The molecule has 2 fully saturated rings. The van der Waals surface area contributed by atoms with Gasteiger partial charge in [-0.2, -0.15) is 0 Å². The van der Waals surface area contributed by atoms with Crippen molar-refractivity contribution < 1.29 is 9.59 Å². The minimum atomic E-state index is -0.420. The van der Waals surface area contributed by atoms with Crippen molar-refractivity contribution in [2.24, 2.45) is 10.8 Å². The Labute approximate surface area is 121 Å². The minimum Gasteiger partial charge on any atom is -0.281 e. The Kier molecular flexibility index (Phi) is 3.95. The normalized spacial score (nSPS) is 24.9. The van der Waals surface area contributed by atoms with Gasteiger partial charge in [-0.3, -0.25) is 14.5 Å². The van der Waals surface area contributed by atoms with Gasteiger partial charge in [0.15, 0.2) is 0 Å². The standard InChI is InChI=1S/C15H27N3O2/c1-14(2,3)11(16-17-8-9-17)10-18-12(19)6-7-15(4,5)13(18)20/h11,16H,6-10H2,1-5H3/t11-/m1/s1. The van der Waals surface area contributed by atoms with Crippen LogP contribution in [0.15, 0.2) is 0 Å². The average Bonchev–Trinajstić information content (AvgIpc) is 3.11. The summed E-state index contributed by atoms with van der Waals surface area (Å²) < 4.78 is 0. The second-order valence-corrected chi connectivity index (χ2v) is 7.73. The molecule has 20 heavy (non-hydrogen) atoms. The van der Waals surface area contributed by atoms with Crippen LogP contribution in [0.3, 0.4) is 0 Å². The lowest BCUT2D eigenvalue weighted by molar-refractivity contribution is -0.157. The fourth-order valence-corrected chi connectivity index (χ4v) is 2.42. The van der Waals surface area contributed by atoms with E-state index >= 15 is 0 Å². The van der Waals surface area contributed by atoms with Crippen LogP contribution in [0.2, 0.25) is 0 Å². The molecule has 114 valence electrons. The Morgan fingerprint density at radius 3 is 2.35 bits per heavy atom. The molecule has 2 heterocycles. The maximum Gasteiger partial charge on any atom is 0.234 e. The summed E-state index contributed by atoms with van der Waals surface area (Å²) in [5.74, 6) is -0.0632. The van der Waals surface area contributed by atoms with Crippen LogP contribution in [0, 0.1) is 10.8 Å². The molecule has 2 aliphatic heterocycles. The van der Waals surface area contributed by atoms with E-state index < -0.39 is 5.41 Å². The van der Waals surface area contributed by atoms with Crippen molar-refractivity contribution in [2.75, 3.05) is 19.6 Å². The molecule has 0 aliphatic carbocycles. The highest BCUT2D eigenvalue weighted by Crippen LogP contribution is 2.32. The smallest absolute Gasteiger partial charge is 0.234 e. The Hall–Kier alpha value is -0.940. The topological polar surface area (TPSA) is 52.4 Å². The summed E-state index contributed by atoms with van der Waals surface area (Å²) in [5.41, 5.74) is 3.00. The van der Waals surface area contributed by atoms with Crippen molar-refractivity contribution in [3.63, 3.8) is 0 Å². The van der Waals surface area contributed by atoms with E-state index in [0.717, 1.165) is 13.1 Å². The highest BCUT2D eigenvalue weighted by molar-refractivity contribution is 6.00. The summed E-state index contributed by atoms with van der Waals surface area (Å²) in [6.07, 6.45) is 1.13. The quantitative estimate of drug-likeness (QED) is 0.625. The number of piperidine rings is 1. The van der Waals surface area contributed by atoms with E-state index in [-0.39, 0.29) is 23.3 Å². The average molecular weight is 281 g/mol. The number of hydrogen-bond acceptors (Lipinski definition) is 4. The highest BCUT2D eigenvalue weighted by atomic mass is 16.2. The summed E-state index contributed by atoms with van der Waals surface area (Å²) in [4.78, 5) is 26.1. The van der Waals surface area contributed by atoms with Crippen molar-refractivity contribution in [3.05, 3.63) is 0 Å². The second-order valence-electron chi connectivity index (χ2n) is 7.73. The molecule has 2 saturated heterocycles. The van der Waals surface area contributed by atoms with Gasteiger partial charge in [0, 0.05) is 37.5 Å². The van der Waals surface area contributed by atoms with Gasteiger partial charge in [-0.15, -0.1) is 0 Å². The molecule has 1 atom stereocenters. The second kappa shape index (κ2) is 5.11. The molecule has 0 radical (unpaired) electrons. The number of carbonyl (C=O) groups excluding carboxylic acids is 2. The zero-order chi connectivity index (χ0) is 15.1. The van der Waals surface area contributed by atoms with E-state index in [0.29, 0.717) is 19.4 Å². The first kappa shape index (κ1) is 15.4. The number of nitrogens with one attached hydrogen (secondary N) is 1. The number of amides is 2. The Bertz CT molecular complexity index is 408. The summed E-state index contributed by atoms with van der Waals surface area (Å²) in [7, 11) is 0. The molecular formula is C15H27N3O2. The van der Waals surface area contributed by atoms with Gasteiger partial charge in [0.1, 0.15) is 0 Å². The molecule has 0 spiro atoms. The third kappa shape index (κ3) is 3.38. The van der Waals surface area contributed by atoms with Crippen LogP contribution < -0.4 is 5.43 Å². The number of rotatable bonds is 4. The fourth-order valence-electron chi connectivity index (χ4n) is 2.42. The summed E-state index contributed by atoms with van der Waals surface area (Å²) >= 11 is 0. The fraction of sp³-hybridized carbons (Fsp3) is 0.867. The van der Waals surface area contributed by atoms with Gasteiger partial charge >= 0.3 is 0 Å². The number of hydrazine groups is 1. The molecular weight excluding hydrogens is 254 g/mol. The van der Waals surface area contributed by atoms with Crippen LogP contribution in [0.1, 0.15) is 47.5 Å². The largest absolute Gasteiger partial charge is 0.281 e. The molecule has 1 N–H and O–H groups in total. The molecule has 0 aromatic carbocycles. The number of imide groups is 1. The third-order valence-electron chi connectivity index (χ3n) is 4.29. The van der Waals surface area contributed by atoms with Gasteiger partial charge in [0.25, 0.3) is 0 Å². The monoisotopic (exact) mass is 281 g/mol. The van der Waals surface area contributed by atoms with E-state index in [9.17, 15) is 9.59 Å². The van der Waals surface area contributed by atoms with Gasteiger partial charge in [-0.05, 0) is 11.8 Å². The Morgan fingerprint density at radius 1 is 1.25 bits per heavy atom. The molecule has 0 aromatic heterocycles. The Balaban J connectivity index is 2.11. The highest BCUT2D eigenvalue weighted by Gasteiger charge is 2.42. The lowest BCUT2D eigenvalue weighted by Crippen LogP contribution is -2.57. The van der Waals surface area contributed by atoms with Crippen molar-refractivity contribution in [1.82, 2.24) is 15.3 Å². The first-order chi connectivity index (χ1) is 9.11. The van der Waals surface area contributed by atoms with Crippen LogP contribution in [0.5, 0.6) is 0 Å². The van der Waals surface area contributed by atoms with Gasteiger partial charge < -0.3 is 0 Å². The van der Waals surface area contributed by atoms with E-state index in [4.69, 9.17) is 0 Å². The van der Waals surface area contributed by atoms with E-state index in [1.54, 1.807) is 0 Å². The molecule has 2 aliphatic rings. The minimum absolute atomic E-state index is 0.00919. The van der Waals surface area contributed by atoms with E-state index in [1.165, 1.54) is 4.90 Å². The molecule has 2 rings (SSSR count). The van der Waals surface area contributed by atoms with Crippen LogP contribution in [-0.2, 0) is 9.59 Å². The maximum absolute atomic E-state index is 12.5. The van der Waals surface area contributed by atoms with Crippen LogP contribution in [0.4, 0.5) is 0 Å². The molecule has 0 bridgehead atoms. The SMILES string of the molecule is CC1(C)CCC(=O)N(C[C@@H](NN2CC2)C(C)(C)C)C1=O. The van der Waals surface area contributed by atoms with Crippen LogP contribution in [-0.4, -0.2) is 47.4 Å². The lowest BCUT2D eigenvalue weighted by Gasteiger charge is -2.40. The van der Waals surface area contributed by atoms with Crippen molar-refractivity contribution in [2.45, 2.75) is 53.5 Å². The Morgan fingerprint density at radius 2 is 1.85 bits per heavy atom. The van der Waals surface area contributed by atoms with Crippen molar-refractivity contribution in [3.8, 4) is 0 Å². The van der Waals surface area contributed by atoms with Crippen molar-refractivity contribution >= 4 is 11.8 Å². The zero-order valence-corrected chi connectivity index (χ0v) is 13.3. The van der Waals surface area contributed by atoms with Crippen molar-refractivity contribution in [1.29, 1.82) is 0 Å². The van der Waals surface area contributed by atoms with Gasteiger partial charge in [0.05, 0.1) is 0 Å². The zero-order valence-electron chi connectivity index (χ0n) is 13.3. The number of hydrogen-bond donors (Lipinski definition) is 1.